The minimum Gasteiger partial charge on any atom is -0.545 e. The Morgan fingerprint density at radius 3 is 0.835 bits per heavy atom. The maximum absolute atomic E-state index is 13.0. The Hall–Kier alpha value is -4.83. The van der Waals surface area contributed by atoms with Crippen LogP contribution in [-0.2, 0) is 33.3 Å². The molecular formula is C94H161NO8. The number of esters is 2. The predicted molar refractivity (Wildman–Crippen MR) is 444 cm³/mol. The van der Waals surface area contributed by atoms with Crippen molar-refractivity contribution in [3.63, 3.8) is 0 Å². The van der Waals surface area contributed by atoms with Gasteiger partial charge in [0.1, 0.15) is 13.2 Å². The molecule has 0 N–H and O–H groups in total. The number of aliphatic carboxylic acids is 1. The molecule has 0 saturated carbocycles. The van der Waals surface area contributed by atoms with Gasteiger partial charge in [0.05, 0.1) is 40.3 Å². The minimum absolute atomic E-state index is 0.140. The lowest BCUT2D eigenvalue weighted by Crippen LogP contribution is -2.44. The van der Waals surface area contributed by atoms with E-state index in [1.165, 1.54) is 225 Å². The molecule has 0 radical (unpaired) electrons. The molecule has 9 heteroatoms. The largest absolute Gasteiger partial charge is 0.545 e. The summed E-state index contributed by atoms with van der Waals surface area (Å²) in [5.74, 6) is -2.29. The van der Waals surface area contributed by atoms with Crippen LogP contribution in [0.3, 0.4) is 0 Å². The molecule has 9 nitrogen and oxygen atoms in total. The summed E-state index contributed by atoms with van der Waals surface area (Å²) in [6.07, 6.45) is 118. The molecule has 0 bridgehead atoms. The van der Waals surface area contributed by atoms with Crippen molar-refractivity contribution in [3.8, 4) is 0 Å². The summed E-state index contributed by atoms with van der Waals surface area (Å²) in [7, 11) is 5.93. The van der Waals surface area contributed by atoms with E-state index in [0.29, 0.717) is 17.4 Å². The van der Waals surface area contributed by atoms with Gasteiger partial charge in [-0.25, -0.2) is 0 Å². The summed E-state index contributed by atoms with van der Waals surface area (Å²) in [6, 6.07) is 0. The maximum atomic E-state index is 13.0. The summed E-state index contributed by atoms with van der Waals surface area (Å²) < 4.78 is 22.9. The third-order valence-corrected chi connectivity index (χ3v) is 18.6. The van der Waals surface area contributed by atoms with Gasteiger partial charge in [-0.2, -0.15) is 0 Å². The van der Waals surface area contributed by atoms with Crippen molar-refractivity contribution in [2.45, 2.75) is 386 Å². The number of carbonyl (C=O) groups excluding carboxylic acids is 3. The van der Waals surface area contributed by atoms with Gasteiger partial charge in [-0.3, -0.25) is 9.59 Å². The van der Waals surface area contributed by atoms with Crippen molar-refractivity contribution < 1.29 is 42.9 Å². The van der Waals surface area contributed by atoms with Crippen molar-refractivity contribution in [1.29, 1.82) is 0 Å². The first-order valence-corrected chi connectivity index (χ1v) is 43.0. The predicted octanol–water partition coefficient (Wildman–Crippen LogP) is 26.8. The van der Waals surface area contributed by atoms with E-state index in [0.717, 1.165) is 116 Å². The Bertz CT molecular complexity index is 2220. The number of hydrogen-bond acceptors (Lipinski definition) is 8. The number of likely N-dealkylation sites (N-methyl/N-ethyl adjacent to an activating group) is 1. The molecule has 0 aliphatic heterocycles. The first kappa shape index (κ1) is 98.2. The number of carbonyl (C=O) groups is 3. The molecule has 0 spiro atoms. The first-order valence-electron chi connectivity index (χ1n) is 43.0. The summed E-state index contributed by atoms with van der Waals surface area (Å²) in [6.45, 7) is 4.65. The second-order valence-electron chi connectivity index (χ2n) is 29.7. The van der Waals surface area contributed by atoms with Crippen LogP contribution in [0.25, 0.3) is 0 Å². The topological polar surface area (TPSA) is 111 Å². The molecule has 103 heavy (non-hydrogen) atoms. The molecule has 0 fully saturated rings. The third-order valence-electron chi connectivity index (χ3n) is 18.6. The van der Waals surface area contributed by atoms with Gasteiger partial charge < -0.3 is 33.3 Å². The number of quaternary nitrogens is 1. The van der Waals surface area contributed by atoms with Gasteiger partial charge in [0.25, 0.3) is 0 Å². The number of unbranched alkanes of at least 4 members (excludes halogenated alkanes) is 40. The molecule has 0 aliphatic rings. The molecule has 0 aromatic carbocycles. The van der Waals surface area contributed by atoms with E-state index in [1.54, 1.807) is 0 Å². The number of rotatable bonds is 79. The van der Waals surface area contributed by atoms with Crippen molar-refractivity contribution in [2.24, 2.45) is 0 Å². The standard InChI is InChI=1S/C94H161NO8/c1-6-8-10-12-14-16-18-20-22-24-26-28-30-32-34-36-38-40-42-44-45-46-47-49-51-53-55-57-59-61-63-65-67-69-71-73-75-77-79-81-83-85-92(97)103-90(89-102-94(93(98)99)100-87-86-95(3,4)5)88-101-91(96)84-82-80-78-76-74-72-70-68-66-64-62-60-58-56-54-52-50-48-43-41-39-37-35-33-31-29-27-25-23-21-19-17-15-13-11-9-7-2/h8,10,14,16,20,22,25-28,32,34,38,40,44-45,47,49,53,55,59,61,65,67,90,94H,6-7,9,11-13,15,17-19,21,23-24,29-31,33,35-37,39,41-43,46,48,50-52,54,56-58,60,62-64,66,68-89H2,1-5H3/b10-8-,16-14-,22-20-,27-25-,28-26-,34-32-,40-38-,45-44-,49-47-,55-53-,61-59-,67-65-. The molecule has 0 aromatic rings. The van der Waals surface area contributed by atoms with Crippen molar-refractivity contribution in [1.82, 2.24) is 0 Å². The summed E-state index contributed by atoms with van der Waals surface area (Å²) >= 11 is 0. The molecule has 2 unspecified atom stereocenters. The maximum Gasteiger partial charge on any atom is 0.306 e. The normalized spacial score (nSPS) is 13.4. The van der Waals surface area contributed by atoms with Gasteiger partial charge in [0, 0.05) is 12.8 Å². The molecule has 0 heterocycles. The van der Waals surface area contributed by atoms with Gasteiger partial charge in [-0.05, 0) is 122 Å². The van der Waals surface area contributed by atoms with Crippen LogP contribution in [0.4, 0.5) is 0 Å². The smallest absolute Gasteiger partial charge is 0.306 e. The van der Waals surface area contributed by atoms with Crippen LogP contribution >= 0.6 is 0 Å². The number of carboxylic acids is 1. The van der Waals surface area contributed by atoms with Gasteiger partial charge in [-0.1, -0.05) is 384 Å². The summed E-state index contributed by atoms with van der Waals surface area (Å²) in [5, 5.41) is 11.9. The van der Waals surface area contributed by atoms with Crippen molar-refractivity contribution >= 4 is 17.9 Å². The lowest BCUT2D eigenvalue weighted by atomic mass is 10.0. The molecule has 2 atom stereocenters. The molecule has 0 saturated heterocycles. The molecule has 0 rings (SSSR count). The monoisotopic (exact) mass is 1430 g/mol. The fourth-order valence-corrected chi connectivity index (χ4v) is 12.1. The van der Waals surface area contributed by atoms with Crippen LogP contribution in [0.5, 0.6) is 0 Å². The third kappa shape index (κ3) is 84.3. The minimum atomic E-state index is -1.63. The molecule has 0 aliphatic carbocycles. The highest BCUT2D eigenvalue weighted by Gasteiger charge is 2.22. The number of ether oxygens (including phenoxy) is 4. The van der Waals surface area contributed by atoms with Gasteiger partial charge in [0.15, 0.2) is 12.4 Å². The van der Waals surface area contributed by atoms with Crippen molar-refractivity contribution in [3.05, 3.63) is 146 Å². The van der Waals surface area contributed by atoms with Crippen LogP contribution in [0.2, 0.25) is 0 Å². The highest BCUT2D eigenvalue weighted by molar-refractivity contribution is 5.70. The van der Waals surface area contributed by atoms with E-state index in [4.69, 9.17) is 18.9 Å². The van der Waals surface area contributed by atoms with Crippen LogP contribution < -0.4 is 5.11 Å². The Kier molecular flexibility index (Phi) is 78.9. The fourth-order valence-electron chi connectivity index (χ4n) is 12.1. The molecule has 0 amide bonds. The zero-order valence-electron chi connectivity index (χ0n) is 67.7. The zero-order chi connectivity index (χ0) is 74.6. The van der Waals surface area contributed by atoms with Crippen LogP contribution in [-0.4, -0.2) is 82.3 Å². The quantitative estimate of drug-likeness (QED) is 0.0195. The average Bonchev–Trinajstić information content (AvgIpc) is 1.01. The highest BCUT2D eigenvalue weighted by Crippen LogP contribution is 2.19. The number of nitrogens with zero attached hydrogens (tertiary/aromatic N) is 1. The second-order valence-corrected chi connectivity index (χ2v) is 29.7. The van der Waals surface area contributed by atoms with Crippen LogP contribution in [0.15, 0.2) is 146 Å². The average molecular weight is 1430 g/mol. The lowest BCUT2D eigenvalue weighted by molar-refractivity contribution is -0.870. The van der Waals surface area contributed by atoms with E-state index < -0.39 is 24.3 Å². The summed E-state index contributed by atoms with van der Waals surface area (Å²) in [4.78, 5) is 37.7. The lowest BCUT2D eigenvalue weighted by Gasteiger charge is -2.26. The van der Waals surface area contributed by atoms with Gasteiger partial charge >= 0.3 is 11.9 Å². The molecular weight excluding hydrogens is 1270 g/mol. The molecule has 0 aromatic heterocycles. The van der Waals surface area contributed by atoms with E-state index in [9.17, 15) is 19.5 Å². The number of hydrogen-bond donors (Lipinski definition) is 0. The molecule has 590 valence electrons. The van der Waals surface area contributed by atoms with E-state index >= 15 is 0 Å². The SMILES string of the molecule is CC/C=C\C/C=C\C/C=C\C/C=C\C/C=C\C/C=C\C/C=C\C/C=C\C/C=C\C/C=C\C/C=C\CCCCCCCCCC(=O)OC(COC(=O)CCCCCCCCCCCCCCCCCCCCCCCCCCC/C=C\CCCCCCCCCC)COC(OCC[N+](C)(C)C)C(=O)[O-]. The first-order chi connectivity index (χ1) is 50.6. The Labute approximate surface area is 636 Å². The second kappa shape index (κ2) is 82.8. The van der Waals surface area contributed by atoms with E-state index in [2.05, 4.69) is 160 Å². The fraction of sp³-hybridized carbons (Fsp3) is 0.713. The Morgan fingerprint density at radius 2 is 0.553 bits per heavy atom. The van der Waals surface area contributed by atoms with E-state index in [-0.39, 0.29) is 38.6 Å². The Balaban J connectivity index is 4.06. The summed E-state index contributed by atoms with van der Waals surface area (Å²) in [5.41, 5.74) is 0. The zero-order valence-corrected chi connectivity index (χ0v) is 67.7. The highest BCUT2D eigenvalue weighted by atomic mass is 16.7. The number of allylic oxidation sites excluding steroid dienone is 24. The van der Waals surface area contributed by atoms with E-state index in [1.807, 2.05) is 21.1 Å². The van der Waals surface area contributed by atoms with Crippen molar-refractivity contribution in [2.75, 3.05) is 47.5 Å². The van der Waals surface area contributed by atoms with Crippen LogP contribution in [0.1, 0.15) is 373 Å². The van der Waals surface area contributed by atoms with Gasteiger partial charge in [0.2, 0.25) is 0 Å². The number of carboxylic acid groups (broad SMARTS) is 1. The van der Waals surface area contributed by atoms with Gasteiger partial charge in [-0.15, -0.1) is 0 Å². The van der Waals surface area contributed by atoms with Crippen LogP contribution in [0, 0.1) is 0 Å². The Morgan fingerprint density at radius 1 is 0.301 bits per heavy atom.